The summed E-state index contributed by atoms with van der Waals surface area (Å²) in [4.78, 5) is 19.1. The molecule has 6 heteroatoms. The standard InChI is InChI=1S/C14H16N2O3S/c1-9-8-15-13(20-9)3-4-16(2)14(19)10-5-11(17)7-12(18)6-10/h5-8,17-18H,3-4H2,1-2H3. The molecule has 0 atom stereocenters. The molecule has 1 aromatic heterocycles. The number of thiazole rings is 1. The summed E-state index contributed by atoms with van der Waals surface area (Å²) in [6, 6.07) is 3.87. The number of aryl methyl sites for hydroxylation is 1. The Morgan fingerprint density at radius 3 is 2.50 bits per heavy atom. The van der Waals surface area contributed by atoms with Gasteiger partial charge in [-0.05, 0) is 19.1 Å². The number of rotatable bonds is 4. The van der Waals surface area contributed by atoms with E-state index in [9.17, 15) is 15.0 Å². The number of hydrogen-bond acceptors (Lipinski definition) is 5. The number of carbonyl (C=O) groups excluding carboxylic acids is 1. The summed E-state index contributed by atoms with van der Waals surface area (Å²) in [5.41, 5.74) is 0.264. The summed E-state index contributed by atoms with van der Waals surface area (Å²) < 4.78 is 0. The fraction of sp³-hybridized carbons (Fsp3) is 0.286. The van der Waals surface area contributed by atoms with Gasteiger partial charge in [-0.1, -0.05) is 0 Å². The lowest BCUT2D eigenvalue weighted by atomic mass is 10.1. The molecule has 0 radical (unpaired) electrons. The fourth-order valence-electron chi connectivity index (χ4n) is 1.82. The number of benzene rings is 1. The third-order valence-electron chi connectivity index (χ3n) is 2.83. The lowest BCUT2D eigenvalue weighted by Crippen LogP contribution is -2.28. The molecule has 0 bridgehead atoms. The molecule has 20 heavy (non-hydrogen) atoms. The molecule has 1 amide bonds. The van der Waals surface area contributed by atoms with Gasteiger partial charge in [-0.3, -0.25) is 4.79 Å². The minimum atomic E-state index is -0.246. The van der Waals surface area contributed by atoms with Crippen LogP contribution < -0.4 is 0 Å². The highest BCUT2D eigenvalue weighted by Gasteiger charge is 2.14. The van der Waals surface area contributed by atoms with Crippen molar-refractivity contribution in [3.05, 3.63) is 39.8 Å². The topological polar surface area (TPSA) is 73.7 Å². The van der Waals surface area contributed by atoms with Crippen LogP contribution in [0.3, 0.4) is 0 Å². The molecule has 1 aromatic carbocycles. The second-order valence-electron chi connectivity index (χ2n) is 4.58. The van der Waals surface area contributed by atoms with Crippen LogP contribution in [-0.2, 0) is 6.42 Å². The third kappa shape index (κ3) is 3.48. The number of nitrogens with zero attached hydrogens (tertiary/aromatic N) is 2. The first-order valence-electron chi connectivity index (χ1n) is 6.15. The molecule has 2 N–H and O–H groups in total. The van der Waals surface area contributed by atoms with Crippen LogP contribution in [0.5, 0.6) is 11.5 Å². The van der Waals surface area contributed by atoms with Crippen LogP contribution >= 0.6 is 11.3 Å². The molecule has 5 nitrogen and oxygen atoms in total. The number of phenolic OH excluding ortho intramolecular Hbond substituents is 2. The molecule has 106 valence electrons. The van der Waals surface area contributed by atoms with Crippen LogP contribution in [0.4, 0.5) is 0 Å². The first-order valence-corrected chi connectivity index (χ1v) is 6.97. The average Bonchev–Trinajstić information content (AvgIpc) is 2.79. The van der Waals surface area contributed by atoms with Gasteiger partial charge in [0.05, 0.1) is 5.01 Å². The van der Waals surface area contributed by atoms with Crippen molar-refractivity contribution in [2.75, 3.05) is 13.6 Å². The highest BCUT2D eigenvalue weighted by atomic mass is 32.1. The van der Waals surface area contributed by atoms with Crippen molar-refractivity contribution in [1.29, 1.82) is 0 Å². The first-order chi connectivity index (χ1) is 9.45. The second kappa shape index (κ2) is 5.92. The highest BCUT2D eigenvalue weighted by molar-refractivity contribution is 7.11. The zero-order chi connectivity index (χ0) is 14.7. The van der Waals surface area contributed by atoms with Crippen LogP contribution in [0, 0.1) is 6.92 Å². The molecular weight excluding hydrogens is 276 g/mol. The maximum Gasteiger partial charge on any atom is 0.253 e. The predicted molar refractivity (Wildman–Crippen MR) is 77.3 cm³/mol. The molecule has 0 aliphatic carbocycles. The molecule has 0 aliphatic rings. The normalized spacial score (nSPS) is 10.5. The van der Waals surface area contributed by atoms with E-state index in [2.05, 4.69) is 4.98 Å². The van der Waals surface area contributed by atoms with Crippen molar-refractivity contribution in [2.24, 2.45) is 0 Å². The summed E-state index contributed by atoms with van der Waals surface area (Å²) in [6.07, 6.45) is 2.50. The molecule has 2 aromatic rings. The van der Waals surface area contributed by atoms with Gasteiger partial charge in [0, 0.05) is 42.7 Å². The van der Waals surface area contributed by atoms with Gasteiger partial charge >= 0.3 is 0 Å². The van der Waals surface area contributed by atoms with Gasteiger partial charge in [0.2, 0.25) is 0 Å². The average molecular weight is 292 g/mol. The maximum atomic E-state index is 12.2. The van der Waals surface area contributed by atoms with E-state index in [1.54, 1.807) is 23.3 Å². The molecule has 2 rings (SSSR count). The van der Waals surface area contributed by atoms with E-state index in [4.69, 9.17) is 0 Å². The van der Waals surface area contributed by atoms with Crippen LogP contribution in [0.25, 0.3) is 0 Å². The highest BCUT2D eigenvalue weighted by Crippen LogP contribution is 2.21. The van der Waals surface area contributed by atoms with Gasteiger partial charge < -0.3 is 15.1 Å². The summed E-state index contributed by atoms with van der Waals surface area (Å²) in [6.45, 7) is 2.52. The van der Waals surface area contributed by atoms with Gasteiger partial charge in [-0.2, -0.15) is 0 Å². The number of carbonyl (C=O) groups is 1. The minimum absolute atomic E-state index is 0.128. The number of phenols is 2. The number of aromatic nitrogens is 1. The molecular formula is C14H16N2O3S. The molecule has 0 saturated heterocycles. The van der Waals surface area contributed by atoms with Crippen LogP contribution in [0.1, 0.15) is 20.2 Å². The van der Waals surface area contributed by atoms with Crippen LogP contribution in [0.2, 0.25) is 0 Å². The molecule has 0 unspecified atom stereocenters. The van der Waals surface area contributed by atoms with Crippen molar-refractivity contribution in [3.8, 4) is 11.5 Å². The molecule has 1 heterocycles. The van der Waals surface area contributed by atoms with Gasteiger partial charge in [0.1, 0.15) is 11.5 Å². The quantitative estimate of drug-likeness (QED) is 0.906. The van der Waals surface area contributed by atoms with Crippen molar-refractivity contribution < 1.29 is 15.0 Å². The van der Waals surface area contributed by atoms with Gasteiger partial charge in [0.15, 0.2) is 0 Å². The Hall–Kier alpha value is -2.08. The predicted octanol–water partition coefficient (Wildman–Crippen LogP) is 2.18. The molecule has 0 aliphatic heterocycles. The number of aromatic hydroxyl groups is 2. The Balaban J connectivity index is 2.01. The SMILES string of the molecule is Cc1cnc(CCN(C)C(=O)c2cc(O)cc(O)c2)s1. The lowest BCUT2D eigenvalue weighted by molar-refractivity contribution is 0.0795. The zero-order valence-electron chi connectivity index (χ0n) is 11.3. The van der Waals surface area contributed by atoms with Gasteiger partial charge in [0.25, 0.3) is 5.91 Å². The summed E-state index contributed by atoms with van der Waals surface area (Å²) in [5, 5.41) is 19.8. The number of amides is 1. The van der Waals surface area contributed by atoms with E-state index in [0.29, 0.717) is 13.0 Å². The minimum Gasteiger partial charge on any atom is -0.508 e. The van der Waals surface area contributed by atoms with E-state index in [1.165, 1.54) is 18.2 Å². The van der Waals surface area contributed by atoms with Crippen molar-refractivity contribution in [2.45, 2.75) is 13.3 Å². The number of hydrogen-bond donors (Lipinski definition) is 2. The Morgan fingerprint density at radius 2 is 1.95 bits per heavy atom. The zero-order valence-corrected chi connectivity index (χ0v) is 12.1. The molecule has 0 spiro atoms. The van der Waals surface area contributed by atoms with Crippen LogP contribution in [0.15, 0.2) is 24.4 Å². The fourth-order valence-corrected chi connectivity index (χ4v) is 2.60. The third-order valence-corrected chi connectivity index (χ3v) is 3.80. The Labute approximate surface area is 121 Å². The van der Waals surface area contributed by atoms with Gasteiger partial charge in [-0.15, -0.1) is 11.3 Å². The maximum absolute atomic E-state index is 12.2. The van der Waals surface area contributed by atoms with E-state index in [-0.39, 0.29) is 23.0 Å². The van der Waals surface area contributed by atoms with E-state index < -0.39 is 0 Å². The van der Waals surface area contributed by atoms with Gasteiger partial charge in [-0.25, -0.2) is 4.98 Å². The van der Waals surface area contributed by atoms with Crippen molar-refractivity contribution in [3.63, 3.8) is 0 Å². The van der Waals surface area contributed by atoms with E-state index in [1.807, 2.05) is 13.1 Å². The summed E-state index contributed by atoms with van der Waals surface area (Å²) in [7, 11) is 1.68. The monoisotopic (exact) mass is 292 g/mol. The summed E-state index contributed by atoms with van der Waals surface area (Å²) >= 11 is 1.61. The Kier molecular flexibility index (Phi) is 4.24. The second-order valence-corrected chi connectivity index (χ2v) is 5.90. The lowest BCUT2D eigenvalue weighted by Gasteiger charge is -2.16. The van der Waals surface area contributed by atoms with E-state index >= 15 is 0 Å². The number of likely N-dealkylation sites (N-methyl/N-ethyl adjacent to an activating group) is 1. The van der Waals surface area contributed by atoms with Crippen molar-refractivity contribution in [1.82, 2.24) is 9.88 Å². The van der Waals surface area contributed by atoms with Crippen LogP contribution in [-0.4, -0.2) is 39.6 Å². The first kappa shape index (κ1) is 14.3. The van der Waals surface area contributed by atoms with Crippen molar-refractivity contribution >= 4 is 17.2 Å². The largest absolute Gasteiger partial charge is 0.508 e. The summed E-state index contributed by atoms with van der Waals surface area (Å²) in [5.74, 6) is -0.501. The molecule has 0 saturated carbocycles. The molecule has 0 fully saturated rings. The Bertz CT molecular complexity index is 604. The smallest absolute Gasteiger partial charge is 0.253 e. The van der Waals surface area contributed by atoms with E-state index in [0.717, 1.165) is 9.88 Å². The Morgan fingerprint density at radius 1 is 1.30 bits per heavy atom.